The second kappa shape index (κ2) is 6.52. The highest BCUT2D eigenvalue weighted by Gasteiger charge is 2.43. The van der Waals surface area contributed by atoms with Crippen LogP contribution >= 0.6 is 0 Å². The summed E-state index contributed by atoms with van der Waals surface area (Å²) in [5.74, 6) is -1.03. The van der Waals surface area contributed by atoms with Crippen LogP contribution in [-0.4, -0.2) is 55.9 Å². The van der Waals surface area contributed by atoms with Gasteiger partial charge in [0.2, 0.25) is 5.91 Å². The summed E-state index contributed by atoms with van der Waals surface area (Å²) in [5.41, 5.74) is 0. The van der Waals surface area contributed by atoms with Crippen LogP contribution in [0.1, 0.15) is 26.2 Å². The predicted molar refractivity (Wildman–Crippen MR) is 71.7 cm³/mol. The lowest BCUT2D eigenvalue weighted by Crippen LogP contribution is -2.56. The minimum absolute atomic E-state index is 0.00853. The Labute approximate surface area is 123 Å². The van der Waals surface area contributed by atoms with Gasteiger partial charge >= 0.3 is 6.18 Å². The Hall–Kier alpha value is -0.820. The number of carbonyl (C=O) groups is 1. The van der Waals surface area contributed by atoms with E-state index in [2.05, 4.69) is 12.2 Å². The Balaban J connectivity index is 1.87. The standard InChI is InChI=1S/C14H23F3N2O2/c1-9-5-6-19(8-12(9)21-2)13(20)11-4-3-10(7-18-11)14(15,16)17/h9-12,18H,3-8H2,1-2H3. The molecule has 0 radical (unpaired) electrons. The summed E-state index contributed by atoms with van der Waals surface area (Å²) in [6.07, 6.45) is -3.04. The second-order valence-corrected chi connectivity index (χ2v) is 6.10. The maximum Gasteiger partial charge on any atom is 0.393 e. The van der Waals surface area contributed by atoms with Gasteiger partial charge in [0.05, 0.1) is 18.1 Å². The molecule has 2 fully saturated rings. The van der Waals surface area contributed by atoms with Crippen molar-refractivity contribution in [2.45, 2.75) is 44.5 Å². The van der Waals surface area contributed by atoms with Crippen LogP contribution < -0.4 is 5.32 Å². The molecule has 1 amide bonds. The molecular weight excluding hydrogens is 285 g/mol. The van der Waals surface area contributed by atoms with E-state index in [1.165, 1.54) is 0 Å². The first-order chi connectivity index (χ1) is 9.82. The number of nitrogens with zero attached hydrogens (tertiary/aromatic N) is 1. The number of halogens is 3. The highest BCUT2D eigenvalue weighted by molar-refractivity contribution is 5.82. The van der Waals surface area contributed by atoms with Gasteiger partial charge in [0, 0.05) is 26.7 Å². The zero-order chi connectivity index (χ0) is 15.6. The molecule has 0 bridgehead atoms. The van der Waals surface area contributed by atoms with Crippen LogP contribution in [-0.2, 0) is 9.53 Å². The molecule has 2 saturated heterocycles. The molecule has 0 aromatic carbocycles. The lowest BCUT2D eigenvalue weighted by atomic mass is 9.91. The molecule has 0 aromatic heterocycles. The number of methoxy groups -OCH3 is 1. The predicted octanol–water partition coefficient (Wildman–Crippen LogP) is 1.80. The monoisotopic (exact) mass is 308 g/mol. The Morgan fingerprint density at radius 3 is 2.52 bits per heavy atom. The van der Waals surface area contributed by atoms with Crippen LogP contribution in [0.3, 0.4) is 0 Å². The van der Waals surface area contributed by atoms with E-state index >= 15 is 0 Å². The molecule has 4 atom stereocenters. The molecule has 0 spiro atoms. The number of rotatable bonds is 2. The molecule has 1 N–H and O–H groups in total. The first kappa shape index (κ1) is 16.5. The van der Waals surface area contributed by atoms with Crippen molar-refractivity contribution in [3.63, 3.8) is 0 Å². The van der Waals surface area contributed by atoms with Gasteiger partial charge in [-0.3, -0.25) is 4.79 Å². The molecule has 0 aliphatic carbocycles. The molecule has 2 aliphatic heterocycles. The van der Waals surface area contributed by atoms with Crippen molar-refractivity contribution in [1.29, 1.82) is 0 Å². The highest BCUT2D eigenvalue weighted by atomic mass is 19.4. The first-order valence-electron chi connectivity index (χ1n) is 7.44. The van der Waals surface area contributed by atoms with Crippen molar-refractivity contribution in [1.82, 2.24) is 10.2 Å². The SMILES string of the molecule is COC1CN(C(=O)C2CCC(C(F)(F)F)CN2)CCC1C. The number of hydrogen-bond acceptors (Lipinski definition) is 3. The van der Waals surface area contributed by atoms with Gasteiger partial charge in [-0.1, -0.05) is 6.92 Å². The average molecular weight is 308 g/mol. The number of likely N-dealkylation sites (tertiary alicyclic amines) is 1. The quantitative estimate of drug-likeness (QED) is 0.846. The fourth-order valence-corrected chi connectivity index (χ4v) is 3.11. The van der Waals surface area contributed by atoms with E-state index in [0.29, 0.717) is 19.0 Å². The van der Waals surface area contributed by atoms with E-state index < -0.39 is 18.1 Å². The Morgan fingerprint density at radius 2 is 2.00 bits per heavy atom. The van der Waals surface area contributed by atoms with Crippen LogP contribution in [0.5, 0.6) is 0 Å². The van der Waals surface area contributed by atoms with Crippen LogP contribution in [0, 0.1) is 11.8 Å². The van der Waals surface area contributed by atoms with E-state index in [1.807, 2.05) is 0 Å². The molecule has 7 heteroatoms. The van der Waals surface area contributed by atoms with E-state index in [9.17, 15) is 18.0 Å². The minimum Gasteiger partial charge on any atom is -0.379 e. The first-order valence-corrected chi connectivity index (χ1v) is 7.44. The zero-order valence-corrected chi connectivity index (χ0v) is 12.4. The highest BCUT2D eigenvalue weighted by Crippen LogP contribution is 2.32. The summed E-state index contributed by atoms with van der Waals surface area (Å²) in [6.45, 7) is 3.10. The smallest absolute Gasteiger partial charge is 0.379 e. The average Bonchev–Trinajstić information content (AvgIpc) is 2.46. The van der Waals surface area contributed by atoms with Crippen molar-refractivity contribution in [2.75, 3.05) is 26.7 Å². The third-order valence-corrected chi connectivity index (χ3v) is 4.68. The zero-order valence-electron chi connectivity index (χ0n) is 12.4. The molecule has 2 heterocycles. The second-order valence-electron chi connectivity index (χ2n) is 6.10. The molecule has 21 heavy (non-hydrogen) atoms. The number of hydrogen-bond donors (Lipinski definition) is 1. The van der Waals surface area contributed by atoms with Crippen LogP contribution in [0.25, 0.3) is 0 Å². The molecular formula is C14H23F3N2O2. The van der Waals surface area contributed by atoms with Crippen LogP contribution in [0.4, 0.5) is 13.2 Å². The van der Waals surface area contributed by atoms with Crippen LogP contribution in [0.2, 0.25) is 0 Å². The van der Waals surface area contributed by atoms with Gasteiger partial charge < -0.3 is 15.0 Å². The topological polar surface area (TPSA) is 41.6 Å². The van der Waals surface area contributed by atoms with Gasteiger partial charge in [-0.2, -0.15) is 13.2 Å². The summed E-state index contributed by atoms with van der Waals surface area (Å²) < 4.78 is 43.2. The van der Waals surface area contributed by atoms with E-state index in [0.717, 1.165) is 6.42 Å². The summed E-state index contributed by atoms with van der Waals surface area (Å²) in [7, 11) is 1.63. The van der Waals surface area contributed by atoms with Crippen molar-refractivity contribution >= 4 is 5.91 Å². The van der Waals surface area contributed by atoms with Gasteiger partial charge in [-0.25, -0.2) is 0 Å². The fraction of sp³-hybridized carbons (Fsp3) is 0.929. The molecule has 0 saturated carbocycles. The maximum atomic E-state index is 12.6. The third kappa shape index (κ3) is 3.88. The lowest BCUT2D eigenvalue weighted by molar-refractivity contribution is -0.181. The number of carbonyl (C=O) groups excluding carboxylic acids is 1. The van der Waals surface area contributed by atoms with E-state index in [4.69, 9.17) is 4.74 Å². The third-order valence-electron chi connectivity index (χ3n) is 4.68. The van der Waals surface area contributed by atoms with E-state index in [1.54, 1.807) is 12.0 Å². The molecule has 4 nitrogen and oxygen atoms in total. The van der Waals surface area contributed by atoms with Gasteiger partial charge in [-0.15, -0.1) is 0 Å². The van der Waals surface area contributed by atoms with Crippen molar-refractivity contribution < 1.29 is 22.7 Å². The summed E-state index contributed by atoms with van der Waals surface area (Å²) >= 11 is 0. The number of amides is 1. The molecule has 122 valence electrons. The molecule has 2 aliphatic rings. The molecule has 4 unspecified atom stereocenters. The molecule has 2 rings (SSSR count). The van der Waals surface area contributed by atoms with Gasteiger partial charge in [0.15, 0.2) is 0 Å². The number of nitrogens with one attached hydrogen (secondary N) is 1. The van der Waals surface area contributed by atoms with Gasteiger partial charge in [0.25, 0.3) is 0 Å². The van der Waals surface area contributed by atoms with Crippen molar-refractivity contribution in [3.05, 3.63) is 0 Å². The van der Waals surface area contributed by atoms with E-state index in [-0.39, 0.29) is 31.4 Å². The Kier molecular flexibility index (Phi) is 5.14. The van der Waals surface area contributed by atoms with Gasteiger partial charge in [0.1, 0.15) is 0 Å². The molecule has 0 aromatic rings. The maximum absolute atomic E-state index is 12.6. The lowest BCUT2D eigenvalue weighted by Gasteiger charge is -2.39. The van der Waals surface area contributed by atoms with Crippen LogP contribution in [0.15, 0.2) is 0 Å². The largest absolute Gasteiger partial charge is 0.393 e. The summed E-state index contributed by atoms with van der Waals surface area (Å²) in [5, 5.41) is 2.76. The number of ether oxygens (including phenoxy) is 1. The Morgan fingerprint density at radius 1 is 1.29 bits per heavy atom. The summed E-state index contributed by atoms with van der Waals surface area (Å²) in [4.78, 5) is 14.1. The number of piperidine rings is 2. The van der Waals surface area contributed by atoms with Crippen molar-refractivity contribution in [2.24, 2.45) is 11.8 Å². The van der Waals surface area contributed by atoms with Gasteiger partial charge in [-0.05, 0) is 25.2 Å². The summed E-state index contributed by atoms with van der Waals surface area (Å²) in [6, 6.07) is -0.491. The fourth-order valence-electron chi connectivity index (χ4n) is 3.11. The van der Waals surface area contributed by atoms with Crippen molar-refractivity contribution in [3.8, 4) is 0 Å². The minimum atomic E-state index is -4.18. The Bertz CT molecular complexity index is 368. The number of alkyl halides is 3. The normalized spacial score (nSPS) is 34.8.